The average molecular weight is 1340 g/mol. The second kappa shape index (κ2) is 25.6. The van der Waals surface area contributed by atoms with Gasteiger partial charge in [0.1, 0.15) is 45.5 Å². The normalized spacial score (nSPS) is 14.1. The fourth-order valence-corrected chi connectivity index (χ4v) is 17.6. The van der Waals surface area contributed by atoms with Crippen LogP contribution in [0.3, 0.4) is 0 Å². The van der Waals surface area contributed by atoms with Crippen molar-refractivity contribution in [2.75, 3.05) is 0 Å². The molecule has 11 nitrogen and oxygen atoms in total. The zero-order valence-corrected chi connectivity index (χ0v) is 64.9. The van der Waals surface area contributed by atoms with Crippen LogP contribution in [0.15, 0.2) is 93.3 Å². The number of esters is 2. The quantitative estimate of drug-likeness (QED) is 0.0473. The molecule has 1 aromatic heterocycles. The van der Waals surface area contributed by atoms with E-state index >= 15 is 0 Å². The van der Waals surface area contributed by atoms with Crippen LogP contribution in [-0.4, -0.2) is 34.1 Å². The van der Waals surface area contributed by atoms with Gasteiger partial charge in [-0.25, -0.2) is 4.79 Å². The van der Waals surface area contributed by atoms with Gasteiger partial charge in [0.05, 0.1) is 27.0 Å². The first kappa shape index (κ1) is 71.4. The Bertz CT molecular complexity index is 4260. The SMILES string of the molecule is Cc1cc(C)c(-c2cc(-c3cc(-c4c(C)cc(C)cc4C)cc([Si](C)(C)C)c3Op3oc4c(C(C)(C)C)cc(OC(=O)C(C)(C)C)cc4c4cc(OC(=O)C(C)(C)C)cc(C(C)(C)C)c4o3)c(OP3OC(=O)c4cc(C(C)C)cc(C(C)C)c4O3)c([Si](C)(C)C)c2)c(C)c1. The van der Waals surface area contributed by atoms with E-state index in [1.54, 1.807) is 0 Å². The second-order valence-electron chi connectivity index (χ2n) is 32.9. The average Bonchev–Trinajstić information content (AvgIpc) is 1.16. The highest BCUT2D eigenvalue weighted by Gasteiger charge is 2.40. The summed E-state index contributed by atoms with van der Waals surface area (Å²) < 4.78 is 56.5. The van der Waals surface area contributed by atoms with Crippen LogP contribution in [0.4, 0.5) is 0 Å². The molecule has 7 aromatic carbocycles. The maximum Gasteiger partial charge on any atom is 0.532 e. The number of carbonyl (C=O) groups excluding carboxylic acids is 3. The molecule has 0 aliphatic carbocycles. The van der Waals surface area contributed by atoms with Crippen LogP contribution in [-0.2, 0) is 24.9 Å². The zero-order chi connectivity index (χ0) is 69.8. The predicted octanol–water partition coefficient (Wildman–Crippen LogP) is 22.7. The topological polar surface area (TPSA) is 133 Å². The molecule has 15 heteroatoms. The third-order valence-corrected chi connectivity index (χ3v) is 23.3. The third-order valence-electron chi connectivity index (χ3n) is 17.3. The van der Waals surface area contributed by atoms with E-state index in [2.05, 4.69) is 205 Å². The van der Waals surface area contributed by atoms with Crippen molar-refractivity contribution in [3.8, 4) is 62.1 Å². The Hall–Kier alpha value is -6.89. The molecule has 94 heavy (non-hydrogen) atoms. The largest absolute Gasteiger partial charge is 0.532 e. The smallest absolute Gasteiger partial charge is 0.426 e. The highest BCUT2D eigenvalue weighted by atomic mass is 31.2. The Balaban J connectivity index is 1.48. The number of hydrogen-bond donors (Lipinski definition) is 0. The lowest BCUT2D eigenvalue weighted by atomic mass is 9.83. The van der Waals surface area contributed by atoms with Crippen LogP contribution >= 0.6 is 16.8 Å². The molecule has 0 radical (unpaired) electrons. The highest BCUT2D eigenvalue weighted by Crippen LogP contribution is 2.55. The summed E-state index contributed by atoms with van der Waals surface area (Å²) in [6.07, 6.45) is 0. The van der Waals surface area contributed by atoms with Crippen LogP contribution in [0.1, 0.15) is 189 Å². The molecule has 0 saturated carbocycles. The lowest BCUT2D eigenvalue weighted by Crippen LogP contribution is -2.40. The van der Waals surface area contributed by atoms with E-state index in [1.807, 2.05) is 71.9 Å². The minimum atomic E-state index is -2.59. The van der Waals surface area contributed by atoms with Crippen molar-refractivity contribution in [2.24, 2.45) is 10.8 Å². The number of aryl methyl sites for hydroxylation is 6. The Morgan fingerprint density at radius 3 is 1.21 bits per heavy atom. The number of hydrogen-bond acceptors (Lipinski definition) is 11. The van der Waals surface area contributed by atoms with Gasteiger partial charge in [0.15, 0.2) is 0 Å². The van der Waals surface area contributed by atoms with Gasteiger partial charge in [-0.15, -0.1) is 0 Å². The van der Waals surface area contributed by atoms with Gasteiger partial charge < -0.3 is 36.0 Å². The third kappa shape index (κ3) is 14.9. The molecule has 0 fully saturated rings. The fraction of sp³-hybridized carbons (Fsp3) is 0.430. The minimum Gasteiger partial charge on any atom is -0.426 e. The molecule has 1 unspecified atom stereocenters. The van der Waals surface area contributed by atoms with Crippen molar-refractivity contribution in [1.82, 2.24) is 0 Å². The molecule has 500 valence electrons. The van der Waals surface area contributed by atoms with Crippen molar-refractivity contribution in [1.29, 1.82) is 0 Å². The molecule has 1 aliphatic heterocycles. The lowest BCUT2D eigenvalue weighted by molar-refractivity contribution is -0.143. The first-order valence-corrected chi connectivity index (χ1v) is 42.2. The van der Waals surface area contributed by atoms with E-state index in [0.29, 0.717) is 61.8 Å². The van der Waals surface area contributed by atoms with Gasteiger partial charge in [0, 0.05) is 33.0 Å². The number of fused-ring (bicyclic) bond motifs is 4. The number of ether oxygens (including phenoxy) is 2. The standard InChI is InChI=1S/C79H100O11P2Si2/c1-43(2)51-33-56(44(3)4)68-61(34-51)73(80)90-92(85-68)89-72-58(36-53(38-65(72)94(26,27)28)67-49(9)31-46(6)32-50(67)10)57-35-52(66-47(7)29-45(5)30-48(66)8)37-64(93(23,24)25)71(57)88-91-86-69-59(39-54(41-62(69)76(11,12)13)83-74(81)78(17,18)19)60-40-55(84-75(82)79(20,21)22)42-63(70(60)87-91)77(14,15)16/h29-44H,1-28H3. The van der Waals surface area contributed by atoms with Crippen molar-refractivity contribution in [3.63, 3.8) is 0 Å². The first-order chi connectivity index (χ1) is 43.2. The monoisotopic (exact) mass is 1340 g/mol. The molecule has 0 N–H and O–H groups in total. The van der Waals surface area contributed by atoms with Gasteiger partial charge >= 0.3 is 34.8 Å². The van der Waals surface area contributed by atoms with Crippen molar-refractivity contribution < 1.29 is 50.3 Å². The number of rotatable bonds is 13. The highest BCUT2D eigenvalue weighted by molar-refractivity contribution is 7.43. The van der Waals surface area contributed by atoms with Gasteiger partial charge in [0.2, 0.25) is 0 Å². The molecule has 2 heterocycles. The lowest BCUT2D eigenvalue weighted by Gasteiger charge is -2.31. The molecular formula is C79H100O11P2Si2. The molecule has 0 amide bonds. The predicted molar refractivity (Wildman–Crippen MR) is 395 cm³/mol. The van der Waals surface area contributed by atoms with E-state index in [1.165, 1.54) is 5.56 Å². The van der Waals surface area contributed by atoms with Crippen LogP contribution < -0.4 is 33.4 Å². The Morgan fingerprint density at radius 1 is 0.468 bits per heavy atom. The summed E-state index contributed by atoms with van der Waals surface area (Å²) >= 11 is 0. The van der Waals surface area contributed by atoms with Crippen molar-refractivity contribution in [3.05, 3.63) is 146 Å². The zero-order valence-electron chi connectivity index (χ0n) is 61.1. The minimum absolute atomic E-state index is 0.0223. The van der Waals surface area contributed by atoms with Crippen LogP contribution in [0, 0.1) is 52.4 Å². The molecular weight excluding hydrogens is 1240 g/mol. The van der Waals surface area contributed by atoms with Gasteiger partial charge in [-0.2, -0.15) is 0 Å². The fourth-order valence-electron chi connectivity index (χ4n) is 12.4. The van der Waals surface area contributed by atoms with Gasteiger partial charge in [-0.1, -0.05) is 162 Å². The molecule has 1 atom stereocenters. The second-order valence-corrected chi connectivity index (χ2v) is 45.0. The van der Waals surface area contributed by atoms with Crippen molar-refractivity contribution >= 4 is 83.2 Å². The molecule has 0 spiro atoms. The van der Waals surface area contributed by atoms with Gasteiger partial charge in [-0.3, -0.25) is 9.59 Å². The Kier molecular flexibility index (Phi) is 19.4. The van der Waals surface area contributed by atoms with Crippen LogP contribution in [0.2, 0.25) is 39.3 Å². The van der Waals surface area contributed by atoms with E-state index in [4.69, 9.17) is 36.0 Å². The summed E-state index contributed by atoms with van der Waals surface area (Å²) in [6.45, 7) is 58.9. The van der Waals surface area contributed by atoms with Crippen molar-refractivity contribution in [2.45, 2.75) is 214 Å². The van der Waals surface area contributed by atoms with E-state index < -0.39 is 72.6 Å². The Labute approximate surface area is 563 Å². The summed E-state index contributed by atoms with van der Waals surface area (Å²) in [5.41, 5.74) is 14.3. The molecule has 8 aromatic rings. The van der Waals surface area contributed by atoms with E-state index in [9.17, 15) is 14.4 Å². The number of carbonyl (C=O) groups is 3. The molecule has 1 aliphatic rings. The van der Waals surface area contributed by atoms with E-state index in [-0.39, 0.29) is 11.8 Å². The summed E-state index contributed by atoms with van der Waals surface area (Å²) in [5, 5.41) is 3.12. The van der Waals surface area contributed by atoms with Gasteiger partial charge in [-0.05, 0) is 214 Å². The van der Waals surface area contributed by atoms with Gasteiger partial charge in [0.25, 0.3) is 0 Å². The molecule has 0 saturated heterocycles. The van der Waals surface area contributed by atoms with E-state index in [0.717, 1.165) is 88.3 Å². The summed E-state index contributed by atoms with van der Waals surface area (Å²) in [4.78, 5) is 42.5. The maximum atomic E-state index is 14.7. The molecule has 0 bridgehead atoms. The summed E-state index contributed by atoms with van der Waals surface area (Å²) in [7, 11) is -10.0. The Morgan fingerprint density at radius 2 is 0.862 bits per heavy atom. The summed E-state index contributed by atoms with van der Waals surface area (Å²) in [5.74, 6) is 1.07. The van der Waals surface area contributed by atoms with Crippen LogP contribution in [0.5, 0.6) is 28.7 Å². The maximum absolute atomic E-state index is 14.7. The summed E-state index contributed by atoms with van der Waals surface area (Å²) in [6, 6.07) is 29.5. The molecule has 9 rings (SSSR count). The van der Waals surface area contributed by atoms with Crippen LogP contribution in [0.25, 0.3) is 55.3 Å². The first-order valence-electron chi connectivity index (χ1n) is 33.0. The number of benzene rings is 7.